The third-order valence-electron chi connectivity index (χ3n) is 2.57. The number of nitrogens with one attached hydrogen (secondary N) is 1. The van der Waals surface area contributed by atoms with E-state index in [2.05, 4.69) is 57.9 Å². The fourth-order valence-electron chi connectivity index (χ4n) is 1.55. The average Bonchev–Trinajstić information content (AvgIpc) is 2.30. The Hall–Kier alpha value is -0.0600. The summed E-state index contributed by atoms with van der Waals surface area (Å²) in [5.74, 6) is 1.57. The summed E-state index contributed by atoms with van der Waals surface area (Å²) in [6.45, 7) is 8.48. The molecule has 0 fully saturated rings. The summed E-state index contributed by atoms with van der Waals surface area (Å²) in [7, 11) is 0. The minimum Gasteiger partial charge on any atom is -0.488 e. The van der Waals surface area contributed by atoms with Crippen LogP contribution in [0.4, 0.5) is 0 Å². The van der Waals surface area contributed by atoms with Crippen molar-refractivity contribution in [3.63, 3.8) is 0 Å². The molecule has 0 spiro atoms. The van der Waals surface area contributed by atoms with Crippen molar-refractivity contribution in [1.29, 1.82) is 0 Å². The molecular formula is C14H21Br2NO. The average molecular weight is 379 g/mol. The van der Waals surface area contributed by atoms with Gasteiger partial charge in [-0.2, -0.15) is 0 Å². The maximum atomic E-state index is 6.00. The number of halogens is 2. The Bertz CT molecular complexity index is 369. The van der Waals surface area contributed by atoms with E-state index in [0.717, 1.165) is 34.2 Å². The molecule has 0 aliphatic heterocycles. The zero-order valence-electron chi connectivity index (χ0n) is 11.2. The van der Waals surface area contributed by atoms with Gasteiger partial charge in [-0.1, -0.05) is 36.7 Å². The highest BCUT2D eigenvalue weighted by atomic mass is 79.9. The number of rotatable bonds is 7. The van der Waals surface area contributed by atoms with Crippen LogP contribution in [0.2, 0.25) is 0 Å². The quantitative estimate of drug-likeness (QED) is 0.747. The van der Waals surface area contributed by atoms with Crippen LogP contribution in [-0.4, -0.2) is 19.2 Å². The molecule has 1 aromatic carbocycles. The highest BCUT2D eigenvalue weighted by molar-refractivity contribution is 9.11. The normalized spacial score (nSPS) is 12.8. The molecule has 0 radical (unpaired) electrons. The summed E-state index contributed by atoms with van der Waals surface area (Å²) >= 11 is 6.96. The van der Waals surface area contributed by atoms with Crippen molar-refractivity contribution < 1.29 is 4.74 Å². The Labute approximate surface area is 127 Å². The van der Waals surface area contributed by atoms with Crippen LogP contribution < -0.4 is 10.1 Å². The first-order chi connectivity index (χ1) is 8.52. The lowest BCUT2D eigenvalue weighted by Gasteiger charge is -2.20. The molecule has 0 saturated heterocycles. The van der Waals surface area contributed by atoms with E-state index in [0.29, 0.717) is 5.92 Å². The first-order valence-corrected chi connectivity index (χ1v) is 7.94. The van der Waals surface area contributed by atoms with Crippen molar-refractivity contribution in [2.45, 2.75) is 33.3 Å². The summed E-state index contributed by atoms with van der Waals surface area (Å²) in [4.78, 5) is 0. The van der Waals surface area contributed by atoms with Crippen LogP contribution in [0.5, 0.6) is 5.75 Å². The summed E-state index contributed by atoms with van der Waals surface area (Å²) in [5.41, 5.74) is 0. The van der Waals surface area contributed by atoms with Crippen LogP contribution in [0, 0.1) is 5.92 Å². The lowest BCUT2D eigenvalue weighted by Crippen LogP contribution is -2.33. The van der Waals surface area contributed by atoms with E-state index in [9.17, 15) is 0 Å². The number of benzene rings is 1. The molecule has 1 aromatic rings. The van der Waals surface area contributed by atoms with Crippen molar-refractivity contribution >= 4 is 31.9 Å². The van der Waals surface area contributed by atoms with Crippen LogP contribution in [0.3, 0.4) is 0 Å². The Morgan fingerprint density at radius 3 is 2.50 bits per heavy atom. The smallest absolute Gasteiger partial charge is 0.134 e. The molecule has 4 heteroatoms. The van der Waals surface area contributed by atoms with Crippen molar-refractivity contribution in [1.82, 2.24) is 5.32 Å². The van der Waals surface area contributed by atoms with Gasteiger partial charge in [0.15, 0.2) is 0 Å². The van der Waals surface area contributed by atoms with E-state index in [-0.39, 0.29) is 6.10 Å². The minimum absolute atomic E-state index is 0.209. The molecule has 0 aliphatic rings. The topological polar surface area (TPSA) is 21.3 Å². The Morgan fingerprint density at radius 1 is 1.22 bits per heavy atom. The molecule has 0 aromatic heterocycles. The summed E-state index contributed by atoms with van der Waals surface area (Å²) in [6.07, 6.45) is 1.20. The van der Waals surface area contributed by atoms with E-state index in [1.807, 2.05) is 18.2 Å². The van der Waals surface area contributed by atoms with Crippen LogP contribution in [0.1, 0.15) is 27.2 Å². The first-order valence-electron chi connectivity index (χ1n) is 6.35. The Balaban J connectivity index is 2.51. The van der Waals surface area contributed by atoms with Crippen molar-refractivity contribution in [3.8, 4) is 5.75 Å². The van der Waals surface area contributed by atoms with Crippen LogP contribution in [0.25, 0.3) is 0 Å². The molecule has 1 N–H and O–H groups in total. The van der Waals surface area contributed by atoms with Crippen molar-refractivity contribution in [2.75, 3.05) is 13.1 Å². The standard InChI is InChI=1S/C14H21Br2NO/c1-4-12(9-17-8-10(2)3)18-14-6-5-11(15)7-13(14)16/h5-7,10,12,17H,4,8-9H2,1-3H3. The van der Waals surface area contributed by atoms with Gasteiger partial charge in [-0.3, -0.25) is 0 Å². The third-order valence-corrected chi connectivity index (χ3v) is 3.68. The second-order valence-electron chi connectivity index (χ2n) is 4.77. The van der Waals surface area contributed by atoms with E-state index in [1.165, 1.54) is 0 Å². The van der Waals surface area contributed by atoms with E-state index < -0.39 is 0 Å². The summed E-state index contributed by atoms with van der Waals surface area (Å²) in [5, 5.41) is 3.44. The summed E-state index contributed by atoms with van der Waals surface area (Å²) < 4.78 is 8.04. The van der Waals surface area contributed by atoms with Crippen molar-refractivity contribution in [3.05, 3.63) is 27.1 Å². The van der Waals surface area contributed by atoms with Gasteiger partial charge in [0.2, 0.25) is 0 Å². The maximum Gasteiger partial charge on any atom is 0.134 e. The zero-order valence-corrected chi connectivity index (χ0v) is 14.3. The van der Waals surface area contributed by atoms with Crippen LogP contribution >= 0.6 is 31.9 Å². The van der Waals surface area contributed by atoms with E-state index in [1.54, 1.807) is 0 Å². The predicted octanol–water partition coefficient (Wildman–Crippen LogP) is 4.61. The molecule has 0 saturated carbocycles. The summed E-state index contributed by atoms with van der Waals surface area (Å²) in [6, 6.07) is 5.98. The lowest BCUT2D eigenvalue weighted by atomic mass is 10.2. The van der Waals surface area contributed by atoms with E-state index in [4.69, 9.17) is 4.74 Å². The third kappa shape index (κ3) is 5.72. The van der Waals surface area contributed by atoms with Crippen LogP contribution in [-0.2, 0) is 0 Å². The van der Waals surface area contributed by atoms with Gasteiger partial charge in [0.05, 0.1) is 4.47 Å². The molecule has 1 atom stereocenters. The molecule has 1 unspecified atom stereocenters. The minimum atomic E-state index is 0.209. The number of hydrogen-bond donors (Lipinski definition) is 1. The number of ether oxygens (including phenoxy) is 1. The fraction of sp³-hybridized carbons (Fsp3) is 0.571. The first kappa shape index (κ1) is 16.0. The molecule has 0 aliphatic carbocycles. The van der Waals surface area contributed by atoms with E-state index >= 15 is 0 Å². The SMILES string of the molecule is CCC(CNCC(C)C)Oc1ccc(Br)cc1Br. The molecule has 1 rings (SSSR count). The van der Waals surface area contributed by atoms with Gasteiger partial charge in [-0.05, 0) is 53.0 Å². The van der Waals surface area contributed by atoms with Gasteiger partial charge in [0.1, 0.15) is 11.9 Å². The fourth-order valence-corrected chi connectivity index (χ4v) is 2.69. The van der Waals surface area contributed by atoms with Gasteiger partial charge in [0.25, 0.3) is 0 Å². The molecule has 0 bridgehead atoms. The molecular weight excluding hydrogens is 358 g/mol. The Kier molecular flexibility index (Phi) is 7.27. The molecule has 18 heavy (non-hydrogen) atoms. The molecule has 2 nitrogen and oxygen atoms in total. The van der Waals surface area contributed by atoms with Crippen LogP contribution in [0.15, 0.2) is 27.1 Å². The van der Waals surface area contributed by atoms with Gasteiger partial charge in [-0.25, -0.2) is 0 Å². The lowest BCUT2D eigenvalue weighted by molar-refractivity contribution is 0.191. The van der Waals surface area contributed by atoms with Gasteiger partial charge in [-0.15, -0.1) is 0 Å². The highest BCUT2D eigenvalue weighted by Gasteiger charge is 2.10. The molecule has 0 heterocycles. The second kappa shape index (κ2) is 8.18. The second-order valence-corrected chi connectivity index (χ2v) is 6.54. The number of hydrogen-bond acceptors (Lipinski definition) is 2. The molecule has 102 valence electrons. The van der Waals surface area contributed by atoms with Gasteiger partial charge in [0, 0.05) is 11.0 Å². The van der Waals surface area contributed by atoms with Gasteiger partial charge < -0.3 is 10.1 Å². The zero-order chi connectivity index (χ0) is 13.5. The molecule has 0 amide bonds. The Morgan fingerprint density at radius 2 is 1.94 bits per heavy atom. The largest absolute Gasteiger partial charge is 0.488 e. The predicted molar refractivity (Wildman–Crippen MR) is 84.3 cm³/mol. The van der Waals surface area contributed by atoms with Crippen molar-refractivity contribution in [2.24, 2.45) is 5.92 Å². The maximum absolute atomic E-state index is 6.00. The monoisotopic (exact) mass is 377 g/mol. The highest BCUT2D eigenvalue weighted by Crippen LogP contribution is 2.29. The van der Waals surface area contributed by atoms with Gasteiger partial charge >= 0.3 is 0 Å².